The van der Waals surface area contributed by atoms with Crippen molar-refractivity contribution in [3.63, 3.8) is 0 Å². The summed E-state index contributed by atoms with van der Waals surface area (Å²) in [7, 11) is 0. The van der Waals surface area contributed by atoms with Crippen LogP contribution in [0, 0.1) is 18.8 Å². The van der Waals surface area contributed by atoms with Gasteiger partial charge in [0.15, 0.2) is 0 Å². The topological polar surface area (TPSA) is 63.8 Å². The van der Waals surface area contributed by atoms with Gasteiger partial charge in [-0.05, 0) is 57.1 Å². The Kier molecular flexibility index (Phi) is 4.34. The molecule has 1 fully saturated rings. The predicted molar refractivity (Wildman–Crippen MR) is 87.3 cm³/mol. The van der Waals surface area contributed by atoms with Gasteiger partial charge in [-0.2, -0.15) is 0 Å². The summed E-state index contributed by atoms with van der Waals surface area (Å²) in [5.74, 6) is 2.22. The number of nitrogens with zero attached hydrogens (tertiary/aromatic N) is 2. The van der Waals surface area contributed by atoms with Crippen molar-refractivity contribution in [1.82, 2.24) is 9.97 Å². The van der Waals surface area contributed by atoms with Gasteiger partial charge in [-0.25, -0.2) is 9.97 Å². The first-order valence-corrected chi connectivity index (χ1v) is 7.93. The van der Waals surface area contributed by atoms with Crippen molar-refractivity contribution in [3.05, 3.63) is 30.0 Å². The molecule has 0 aliphatic heterocycles. The van der Waals surface area contributed by atoms with Gasteiger partial charge in [0.25, 0.3) is 0 Å². The number of anilines is 1. The van der Waals surface area contributed by atoms with Crippen molar-refractivity contribution in [2.75, 3.05) is 18.4 Å². The monoisotopic (exact) mass is 284 g/mol. The number of benzene rings is 1. The third-order valence-electron chi connectivity index (χ3n) is 4.64. The van der Waals surface area contributed by atoms with E-state index in [-0.39, 0.29) is 0 Å². The van der Waals surface area contributed by atoms with Gasteiger partial charge < -0.3 is 11.1 Å². The van der Waals surface area contributed by atoms with Crippen LogP contribution < -0.4 is 11.1 Å². The number of hydrogen-bond donors (Lipinski definition) is 2. The van der Waals surface area contributed by atoms with Crippen LogP contribution in [0.2, 0.25) is 0 Å². The van der Waals surface area contributed by atoms with Gasteiger partial charge in [0, 0.05) is 11.9 Å². The van der Waals surface area contributed by atoms with Gasteiger partial charge in [-0.15, -0.1) is 0 Å². The molecule has 3 rings (SSSR count). The molecule has 0 saturated heterocycles. The summed E-state index contributed by atoms with van der Waals surface area (Å²) < 4.78 is 0. The quantitative estimate of drug-likeness (QED) is 0.905. The van der Waals surface area contributed by atoms with Crippen LogP contribution in [-0.4, -0.2) is 23.1 Å². The number of nitrogens with one attached hydrogen (secondary N) is 1. The van der Waals surface area contributed by atoms with Crippen LogP contribution in [-0.2, 0) is 0 Å². The summed E-state index contributed by atoms with van der Waals surface area (Å²) in [4.78, 5) is 9.18. The van der Waals surface area contributed by atoms with Gasteiger partial charge in [0.05, 0.1) is 11.2 Å². The molecule has 1 aromatic carbocycles. The highest BCUT2D eigenvalue weighted by atomic mass is 15.1. The van der Waals surface area contributed by atoms with E-state index in [4.69, 9.17) is 5.73 Å². The van der Waals surface area contributed by atoms with E-state index in [9.17, 15) is 0 Å². The average molecular weight is 284 g/mol. The van der Waals surface area contributed by atoms with Crippen molar-refractivity contribution in [2.24, 2.45) is 17.6 Å². The third-order valence-corrected chi connectivity index (χ3v) is 4.64. The summed E-state index contributed by atoms with van der Waals surface area (Å²) in [6.07, 6.45) is 5.06. The molecule has 3 N–H and O–H groups in total. The number of aryl methyl sites for hydroxylation is 1. The maximum Gasteiger partial charge on any atom is 0.223 e. The Morgan fingerprint density at radius 1 is 1.10 bits per heavy atom. The molecule has 0 amide bonds. The van der Waals surface area contributed by atoms with E-state index < -0.39 is 0 Å². The fourth-order valence-corrected chi connectivity index (χ4v) is 3.22. The molecule has 1 aliphatic rings. The smallest absolute Gasteiger partial charge is 0.223 e. The van der Waals surface area contributed by atoms with Crippen LogP contribution in [0.3, 0.4) is 0 Å². The summed E-state index contributed by atoms with van der Waals surface area (Å²) in [5.41, 5.74) is 7.80. The van der Waals surface area contributed by atoms with Crippen molar-refractivity contribution in [1.29, 1.82) is 0 Å². The highest BCUT2D eigenvalue weighted by Gasteiger charge is 2.20. The molecule has 1 aliphatic carbocycles. The minimum atomic E-state index is 0.725. The number of fused-ring (bicyclic) bond motifs is 1. The van der Waals surface area contributed by atoms with Crippen LogP contribution in [0.4, 0.5) is 5.95 Å². The molecule has 0 unspecified atom stereocenters. The lowest BCUT2D eigenvalue weighted by Gasteiger charge is -2.27. The lowest BCUT2D eigenvalue weighted by atomic mass is 9.82. The number of aromatic nitrogens is 2. The van der Waals surface area contributed by atoms with E-state index in [1.807, 2.05) is 25.1 Å². The molecule has 2 aromatic rings. The second kappa shape index (κ2) is 6.39. The lowest BCUT2D eigenvalue weighted by molar-refractivity contribution is 0.289. The van der Waals surface area contributed by atoms with E-state index >= 15 is 0 Å². The number of hydrogen-bond acceptors (Lipinski definition) is 4. The van der Waals surface area contributed by atoms with E-state index in [0.717, 1.165) is 47.5 Å². The Hall–Kier alpha value is -1.68. The van der Waals surface area contributed by atoms with Crippen LogP contribution in [0.1, 0.15) is 31.4 Å². The Bertz CT molecular complexity index is 603. The molecule has 0 spiro atoms. The number of para-hydroxylation sites is 1. The Balaban J connectivity index is 1.63. The second-order valence-corrected chi connectivity index (χ2v) is 6.15. The van der Waals surface area contributed by atoms with E-state index in [1.54, 1.807) is 0 Å². The molecule has 0 bridgehead atoms. The zero-order valence-corrected chi connectivity index (χ0v) is 12.7. The number of rotatable bonds is 4. The molecular weight excluding hydrogens is 260 g/mol. The number of nitrogens with two attached hydrogens (primary N) is 1. The van der Waals surface area contributed by atoms with Crippen LogP contribution >= 0.6 is 0 Å². The third kappa shape index (κ3) is 3.32. The standard InChI is InChI=1S/C17H24N4/c1-12-15-4-2-3-5-16(15)21-17(20-12)19-11-14-8-6-13(10-18)7-9-14/h2-5,13-14H,6-11,18H2,1H3,(H,19,20,21)/t13-,14+. The zero-order valence-electron chi connectivity index (χ0n) is 12.7. The van der Waals surface area contributed by atoms with Crippen LogP contribution in [0.15, 0.2) is 24.3 Å². The maximum absolute atomic E-state index is 5.75. The fourth-order valence-electron chi connectivity index (χ4n) is 3.22. The SMILES string of the molecule is Cc1nc(NC[C@H]2CC[C@@H](CN)CC2)nc2ccccc12. The van der Waals surface area contributed by atoms with E-state index in [0.29, 0.717) is 0 Å². The van der Waals surface area contributed by atoms with Crippen molar-refractivity contribution >= 4 is 16.9 Å². The fraction of sp³-hybridized carbons (Fsp3) is 0.529. The highest BCUT2D eigenvalue weighted by molar-refractivity contribution is 5.81. The minimum Gasteiger partial charge on any atom is -0.354 e. The Morgan fingerprint density at radius 2 is 1.81 bits per heavy atom. The zero-order chi connectivity index (χ0) is 14.7. The lowest BCUT2D eigenvalue weighted by Crippen LogP contribution is -2.25. The molecule has 4 nitrogen and oxygen atoms in total. The van der Waals surface area contributed by atoms with E-state index in [2.05, 4.69) is 21.4 Å². The molecule has 1 heterocycles. The average Bonchev–Trinajstić information content (AvgIpc) is 2.53. The highest BCUT2D eigenvalue weighted by Crippen LogP contribution is 2.28. The van der Waals surface area contributed by atoms with Gasteiger partial charge in [0.2, 0.25) is 5.95 Å². The largest absolute Gasteiger partial charge is 0.354 e. The molecule has 112 valence electrons. The maximum atomic E-state index is 5.75. The van der Waals surface area contributed by atoms with Gasteiger partial charge in [0.1, 0.15) is 0 Å². The van der Waals surface area contributed by atoms with Gasteiger partial charge in [-0.3, -0.25) is 0 Å². The van der Waals surface area contributed by atoms with Gasteiger partial charge in [-0.1, -0.05) is 18.2 Å². The summed E-state index contributed by atoms with van der Waals surface area (Å²) in [6, 6.07) is 8.17. The molecule has 4 heteroatoms. The van der Waals surface area contributed by atoms with E-state index in [1.165, 1.54) is 25.7 Å². The van der Waals surface area contributed by atoms with Crippen molar-refractivity contribution in [2.45, 2.75) is 32.6 Å². The molecule has 0 radical (unpaired) electrons. The Labute approximate surface area is 126 Å². The van der Waals surface area contributed by atoms with Crippen LogP contribution in [0.25, 0.3) is 10.9 Å². The van der Waals surface area contributed by atoms with Crippen molar-refractivity contribution in [3.8, 4) is 0 Å². The van der Waals surface area contributed by atoms with Crippen molar-refractivity contribution < 1.29 is 0 Å². The summed E-state index contributed by atoms with van der Waals surface area (Å²) in [6.45, 7) is 3.85. The predicted octanol–water partition coefficient (Wildman–Crippen LogP) is 3.12. The Morgan fingerprint density at radius 3 is 2.57 bits per heavy atom. The molecule has 1 saturated carbocycles. The van der Waals surface area contributed by atoms with Gasteiger partial charge >= 0.3 is 0 Å². The first kappa shape index (κ1) is 14.3. The second-order valence-electron chi connectivity index (χ2n) is 6.15. The molecular formula is C17H24N4. The first-order chi connectivity index (χ1) is 10.3. The minimum absolute atomic E-state index is 0.725. The molecule has 21 heavy (non-hydrogen) atoms. The summed E-state index contributed by atoms with van der Waals surface area (Å²) in [5, 5.41) is 4.56. The molecule has 1 aromatic heterocycles. The van der Waals surface area contributed by atoms with Crippen LogP contribution in [0.5, 0.6) is 0 Å². The first-order valence-electron chi connectivity index (χ1n) is 7.93. The molecule has 0 atom stereocenters. The normalized spacial score (nSPS) is 22.4. The summed E-state index contributed by atoms with van der Waals surface area (Å²) >= 11 is 0.